The Bertz CT molecular complexity index is 349. The summed E-state index contributed by atoms with van der Waals surface area (Å²) in [5.74, 6) is 0.783. The smallest absolute Gasteiger partial charge is 0.0634 e. The third kappa shape index (κ3) is 4.90. The van der Waals surface area contributed by atoms with Gasteiger partial charge in [0.25, 0.3) is 0 Å². The molecular formula is C12H20Cl3N3. The highest BCUT2D eigenvalue weighted by Gasteiger charge is 2.22. The average Bonchev–Trinajstić information content (AvgIpc) is 2.70. The van der Waals surface area contributed by atoms with Crippen molar-refractivity contribution in [1.82, 2.24) is 15.2 Å². The van der Waals surface area contributed by atoms with Gasteiger partial charge in [-0.15, -0.1) is 24.8 Å². The van der Waals surface area contributed by atoms with Gasteiger partial charge in [0, 0.05) is 25.5 Å². The summed E-state index contributed by atoms with van der Waals surface area (Å²) in [6, 6.07) is 2.01. The number of pyridine rings is 1. The van der Waals surface area contributed by atoms with Gasteiger partial charge in [0.05, 0.1) is 5.02 Å². The van der Waals surface area contributed by atoms with E-state index in [0.717, 1.165) is 24.0 Å². The van der Waals surface area contributed by atoms with Gasteiger partial charge in [-0.1, -0.05) is 11.6 Å². The van der Waals surface area contributed by atoms with E-state index in [0.29, 0.717) is 0 Å². The minimum Gasteiger partial charge on any atom is -0.319 e. The molecule has 0 saturated carbocycles. The van der Waals surface area contributed by atoms with E-state index in [1.807, 2.05) is 19.3 Å². The van der Waals surface area contributed by atoms with Crippen LogP contribution in [0.3, 0.4) is 0 Å². The molecule has 1 aliphatic heterocycles. The van der Waals surface area contributed by atoms with Gasteiger partial charge in [0.1, 0.15) is 0 Å². The largest absolute Gasteiger partial charge is 0.319 e. The molecule has 1 aliphatic rings. The fourth-order valence-electron chi connectivity index (χ4n) is 2.28. The summed E-state index contributed by atoms with van der Waals surface area (Å²) in [7, 11) is 2.02. The zero-order valence-electron chi connectivity index (χ0n) is 10.4. The molecule has 0 amide bonds. The number of halogens is 3. The van der Waals surface area contributed by atoms with Crippen LogP contribution in [-0.4, -0.2) is 36.6 Å². The fraction of sp³-hybridized carbons (Fsp3) is 0.583. The first-order chi connectivity index (χ1) is 7.79. The number of nitrogens with one attached hydrogen (secondary N) is 1. The molecule has 1 unspecified atom stereocenters. The van der Waals surface area contributed by atoms with Crippen LogP contribution in [0.15, 0.2) is 18.5 Å². The normalized spacial score (nSPS) is 19.1. The first-order valence-corrected chi connectivity index (χ1v) is 6.12. The molecule has 2 rings (SSSR count). The number of rotatable bonds is 4. The van der Waals surface area contributed by atoms with Crippen molar-refractivity contribution < 1.29 is 0 Å². The Kier molecular flexibility index (Phi) is 8.91. The number of aromatic nitrogens is 1. The lowest BCUT2D eigenvalue weighted by Crippen LogP contribution is -2.24. The molecule has 0 aromatic carbocycles. The number of hydrogen-bond donors (Lipinski definition) is 1. The Balaban J connectivity index is 0.00000144. The van der Waals surface area contributed by atoms with Gasteiger partial charge in [-0.3, -0.25) is 9.88 Å². The van der Waals surface area contributed by atoms with Crippen molar-refractivity contribution >= 4 is 36.4 Å². The first-order valence-electron chi connectivity index (χ1n) is 5.75. The van der Waals surface area contributed by atoms with E-state index in [9.17, 15) is 0 Å². The minimum atomic E-state index is 0. The lowest BCUT2D eigenvalue weighted by molar-refractivity contribution is 0.315. The summed E-state index contributed by atoms with van der Waals surface area (Å²) in [5, 5.41) is 4.02. The standard InChI is InChI=1S/C12H18ClN3.2ClH/c1-14-6-10-3-5-16(8-10)9-11-2-4-15-7-12(11)13;;/h2,4,7,10,14H,3,5-6,8-9H2,1H3;2*1H. The SMILES string of the molecule is CNCC1CCN(Cc2ccncc2Cl)C1.Cl.Cl. The fourth-order valence-corrected chi connectivity index (χ4v) is 2.46. The van der Waals surface area contributed by atoms with Crippen LogP contribution in [0.4, 0.5) is 0 Å². The Hall–Kier alpha value is -0.0600. The van der Waals surface area contributed by atoms with E-state index in [1.54, 1.807) is 6.20 Å². The maximum absolute atomic E-state index is 6.10. The van der Waals surface area contributed by atoms with Crippen molar-refractivity contribution in [3.05, 3.63) is 29.0 Å². The van der Waals surface area contributed by atoms with Crippen molar-refractivity contribution in [3.63, 3.8) is 0 Å². The van der Waals surface area contributed by atoms with Crippen LogP contribution < -0.4 is 5.32 Å². The van der Waals surface area contributed by atoms with Crippen LogP contribution >= 0.6 is 36.4 Å². The summed E-state index contributed by atoms with van der Waals surface area (Å²) in [5.41, 5.74) is 1.18. The van der Waals surface area contributed by atoms with Crippen LogP contribution in [0.25, 0.3) is 0 Å². The maximum atomic E-state index is 6.10. The lowest BCUT2D eigenvalue weighted by Gasteiger charge is -2.16. The van der Waals surface area contributed by atoms with Crippen molar-refractivity contribution in [1.29, 1.82) is 0 Å². The molecule has 0 aliphatic carbocycles. The van der Waals surface area contributed by atoms with Crippen molar-refractivity contribution in [2.24, 2.45) is 5.92 Å². The predicted molar refractivity (Wildman–Crippen MR) is 81.1 cm³/mol. The Morgan fingerprint density at radius 3 is 2.94 bits per heavy atom. The lowest BCUT2D eigenvalue weighted by atomic mass is 10.1. The van der Waals surface area contributed by atoms with Gasteiger partial charge in [-0.2, -0.15) is 0 Å². The average molecular weight is 313 g/mol. The highest BCUT2D eigenvalue weighted by Crippen LogP contribution is 2.21. The van der Waals surface area contributed by atoms with Crippen molar-refractivity contribution in [2.45, 2.75) is 13.0 Å². The van der Waals surface area contributed by atoms with Crippen LogP contribution in [-0.2, 0) is 6.54 Å². The zero-order valence-corrected chi connectivity index (χ0v) is 12.8. The third-order valence-corrected chi connectivity index (χ3v) is 3.45. The van der Waals surface area contributed by atoms with Crippen molar-refractivity contribution in [2.75, 3.05) is 26.7 Å². The summed E-state index contributed by atoms with van der Waals surface area (Å²) in [6.45, 7) is 4.40. The molecule has 104 valence electrons. The Morgan fingerprint density at radius 2 is 2.28 bits per heavy atom. The number of nitrogens with zero attached hydrogens (tertiary/aromatic N) is 2. The molecule has 18 heavy (non-hydrogen) atoms. The Morgan fingerprint density at radius 1 is 1.50 bits per heavy atom. The van der Waals surface area contributed by atoms with E-state index < -0.39 is 0 Å². The molecule has 1 aromatic heterocycles. The third-order valence-electron chi connectivity index (χ3n) is 3.11. The van der Waals surface area contributed by atoms with E-state index >= 15 is 0 Å². The molecule has 1 fully saturated rings. The van der Waals surface area contributed by atoms with Gasteiger partial charge in [0.2, 0.25) is 0 Å². The molecule has 1 aromatic rings. The molecule has 0 bridgehead atoms. The predicted octanol–water partition coefficient (Wildman–Crippen LogP) is 2.62. The number of hydrogen-bond acceptors (Lipinski definition) is 3. The van der Waals surface area contributed by atoms with E-state index in [4.69, 9.17) is 11.6 Å². The van der Waals surface area contributed by atoms with E-state index in [2.05, 4.69) is 15.2 Å². The van der Waals surface area contributed by atoms with Crippen LogP contribution in [0.2, 0.25) is 5.02 Å². The summed E-state index contributed by atoms with van der Waals surface area (Å²) >= 11 is 6.10. The molecule has 2 heterocycles. The maximum Gasteiger partial charge on any atom is 0.0634 e. The van der Waals surface area contributed by atoms with Gasteiger partial charge in [-0.05, 0) is 44.1 Å². The summed E-state index contributed by atoms with van der Waals surface area (Å²) < 4.78 is 0. The van der Waals surface area contributed by atoms with Crippen LogP contribution in [0.1, 0.15) is 12.0 Å². The summed E-state index contributed by atoms with van der Waals surface area (Å²) in [4.78, 5) is 6.46. The molecule has 0 spiro atoms. The second kappa shape index (κ2) is 8.94. The van der Waals surface area contributed by atoms with Gasteiger partial charge in [0.15, 0.2) is 0 Å². The van der Waals surface area contributed by atoms with Crippen LogP contribution in [0.5, 0.6) is 0 Å². The molecule has 1 atom stereocenters. The minimum absolute atomic E-state index is 0. The van der Waals surface area contributed by atoms with Gasteiger partial charge < -0.3 is 5.32 Å². The highest BCUT2D eigenvalue weighted by molar-refractivity contribution is 6.31. The molecule has 6 heteroatoms. The molecule has 3 nitrogen and oxygen atoms in total. The molecule has 1 saturated heterocycles. The zero-order chi connectivity index (χ0) is 11.4. The summed E-state index contributed by atoms with van der Waals surface area (Å²) in [6.07, 6.45) is 4.81. The van der Waals surface area contributed by atoms with Gasteiger partial charge >= 0.3 is 0 Å². The molecule has 1 N–H and O–H groups in total. The quantitative estimate of drug-likeness (QED) is 0.926. The van der Waals surface area contributed by atoms with Crippen LogP contribution in [0, 0.1) is 5.92 Å². The molecular weight excluding hydrogens is 293 g/mol. The van der Waals surface area contributed by atoms with Gasteiger partial charge in [-0.25, -0.2) is 0 Å². The highest BCUT2D eigenvalue weighted by atomic mass is 35.5. The van der Waals surface area contributed by atoms with E-state index in [-0.39, 0.29) is 24.8 Å². The first kappa shape index (κ1) is 17.9. The van der Waals surface area contributed by atoms with E-state index in [1.165, 1.54) is 25.1 Å². The second-order valence-corrected chi connectivity index (χ2v) is 4.82. The topological polar surface area (TPSA) is 28.2 Å². The Labute approximate surface area is 126 Å². The van der Waals surface area contributed by atoms with Crippen molar-refractivity contribution in [3.8, 4) is 0 Å². The second-order valence-electron chi connectivity index (χ2n) is 4.41. The molecule has 0 radical (unpaired) electrons. The number of likely N-dealkylation sites (tertiary alicyclic amines) is 1. The monoisotopic (exact) mass is 311 g/mol.